The van der Waals surface area contributed by atoms with Crippen LogP contribution in [0.2, 0.25) is 0 Å². The van der Waals surface area contributed by atoms with Crippen molar-refractivity contribution in [1.29, 1.82) is 0 Å². The van der Waals surface area contributed by atoms with Crippen molar-refractivity contribution in [3.63, 3.8) is 0 Å². The van der Waals surface area contributed by atoms with E-state index in [2.05, 4.69) is 18.7 Å². The SMILES string of the molecule is CCCCCCCC(C)N1CCOCC1C(=O)O. The second-order valence-electron chi connectivity index (χ2n) is 5.22. The van der Waals surface area contributed by atoms with Crippen LogP contribution in [0.25, 0.3) is 0 Å². The highest BCUT2D eigenvalue weighted by molar-refractivity contribution is 5.73. The maximum Gasteiger partial charge on any atom is 0.323 e. The van der Waals surface area contributed by atoms with Gasteiger partial charge in [0.05, 0.1) is 13.2 Å². The number of hydrogen-bond acceptors (Lipinski definition) is 3. The molecule has 0 amide bonds. The number of hydrogen-bond donors (Lipinski definition) is 1. The molecule has 1 N–H and O–H groups in total. The minimum Gasteiger partial charge on any atom is -0.480 e. The van der Waals surface area contributed by atoms with E-state index < -0.39 is 12.0 Å². The Morgan fingerprint density at radius 2 is 2.11 bits per heavy atom. The molecule has 0 aromatic carbocycles. The number of rotatable bonds is 8. The Labute approximate surface area is 110 Å². The Kier molecular flexibility index (Phi) is 7.28. The fourth-order valence-electron chi connectivity index (χ4n) is 2.57. The van der Waals surface area contributed by atoms with E-state index in [-0.39, 0.29) is 0 Å². The maximum absolute atomic E-state index is 11.2. The highest BCUT2D eigenvalue weighted by Gasteiger charge is 2.31. The van der Waals surface area contributed by atoms with Gasteiger partial charge in [-0.2, -0.15) is 0 Å². The van der Waals surface area contributed by atoms with Crippen LogP contribution in [0, 0.1) is 0 Å². The van der Waals surface area contributed by atoms with E-state index in [1.54, 1.807) is 0 Å². The van der Waals surface area contributed by atoms with Crippen LogP contribution in [-0.2, 0) is 9.53 Å². The third-order valence-electron chi connectivity index (χ3n) is 3.75. The fourth-order valence-corrected chi connectivity index (χ4v) is 2.57. The second-order valence-corrected chi connectivity index (χ2v) is 5.22. The zero-order valence-electron chi connectivity index (χ0n) is 11.7. The minimum absolute atomic E-state index is 0.329. The number of unbranched alkanes of at least 4 members (excludes halogenated alkanes) is 4. The van der Waals surface area contributed by atoms with Crippen LogP contribution in [0.5, 0.6) is 0 Å². The highest BCUT2D eigenvalue weighted by Crippen LogP contribution is 2.17. The molecule has 1 aliphatic rings. The molecule has 1 fully saturated rings. The van der Waals surface area contributed by atoms with Gasteiger partial charge in [-0.1, -0.05) is 39.0 Å². The molecule has 1 aliphatic heterocycles. The summed E-state index contributed by atoms with van der Waals surface area (Å²) in [5.41, 5.74) is 0. The van der Waals surface area contributed by atoms with E-state index in [0.29, 0.717) is 19.3 Å². The predicted octanol–water partition coefficient (Wildman–Crippen LogP) is 2.52. The number of carboxylic acid groups (broad SMARTS) is 1. The van der Waals surface area contributed by atoms with E-state index in [1.807, 2.05) is 0 Å². The molecule has 4 nitrogen and oxygen atoms in total. The summed E-state index contributed by atoms with van der Waals surface area (Å²) >= 11 is 0. The molecule has 0 aromatic heterocycles. The van der Waals surface area contributed by atoms with Gasteiger partial charge >= 0.3 is 5.97 Å². The van der Waals surface area contributed by atoms with Gasteiger partial charge in [0.25, 0.3) is 0 Å². The summed E-state index contributed by atoms with van der Waals surface area (Å²) in [7, 11) is 0. The smallest absolute Gasteiger partial charge is 0.323 e. The van der Waals surface area contributed by atoms with Crippen molar-refractivity contribution in [1.82, 2.24) is 4.90 Å². The number of carboxylic acids is 1. The maximum atomic E-state index is 11.2. The number of nitrogens with zero attached hydrogens (tertiary/aromatic N) is 1. The van der Waals surface area contributed by atoms with Gasteiger partial charge < -0.3 is 9.84 Å². The summed E-state index contributed by atoms with van der Waals surface area (Å²) in [5.74, 6) is -0.757. The van der Waals surface area contributed by atoms with E-state index in [1.165, 1.54) is 32.1 Å². The predicted molar refractivity (Wildman–Crippen MR) is 71.8 cm³/mol. The lowest BCUT2D eigenvalue weighted by Gasteiger charge is -2.37. The highest BCUT2D eigenvalue weighted by atomic mass is 16.5. The topological polar surface area (TPSA) is 49.8 Å². The summed E-state index contributed by atoms with van der Waals surface area (Å²) < 4.78 is 5.26. The van der Waals surface area contributed by atoms with Crippen molar-refractivity contribution in [3.05, 3.63) is 0 Å². The number of ether oxygens (including phenoxy) is 1. The van der Waals surface area contributed by atoms with E-state index >= 15 is 0 Å². The van der Waals surface area contributed by atoms with Crippen molar-refractivity contribution in [2.24, 2.45) is 0 Å². The van der Waals surface area contributed by atoms with Crippen LogP contribution in [0.4, 0.5) is 0 Å². The molecule has 1 rings (SSSR count). The van der Waals surface area contributed by atoms with Crippen molar-refractivity contribution in [2.75, 3.05) is 19.8 Å². The van der Waals surface area contributed by atoms with Crippen LogP contribution in [-0.4, -0.2) is 47.8 Å². The van der Waals surface area contributed by atoms with Crippen LogP contribution in [0.3, 0.4) is 0 Å². The molecule has 0 saturated carbocycles. The van der Waals surface area contributed by atoms with Gasteiger partial charge in [0.2, 0.25) is 0 Å². The fraction of sp³-hybridized carbons (Fsp3) is 0.929. The molecule has 106 valence electrons. The van der Waals surface area contributed by atoms with Gasteiger partial charge in [-0.05, 0) is 13.3 Å². The van der Waals surface area contributed by atoms with Gasteiger partial charge in [0, 0.05) is 12.6 Å². The Bertz CT molecular complexity index is 245. The van der Waals surface area contributed by atoms with Gasteiger partial charge in [-0.25, -0.2) is 0 Å². The first-order chi connectivity index (χ1) is 8.66. The molecule has 2 unspecified atom stereocenters. The Hall–Kier alpha value is -0.610. The summed E-state index contributed by atoms with van der Waals surface area (Å²) in [6, 6.07) is -0.110. The molecular formula is C14H27NO3. The molecule has 0 radical (unpaired) electrons. The van der Waals surface area contributed by atoms with Crippen LogP contribution >= 0.6 is 0 Å². The van der Waals surface area contributed by atoms with Gasteiger partial charge in [-0.15, -0.1) is 0 Å². The normalized spacial score (nSPS) is 22.9. The standard InChI is InChI=1S/C14H27NO3/c1-3-4-5-6-7-8-12(2)15-9-10-18-11-13(15)14(16)17/h12-13H,3-11H2,1-2H3,(H,16,17). The van der Waals surface area contributed by atoms with E-state index in [0.717, 1.165) is 13.0 Å². The van der Waals surface area contributed by atoms with Crippen molar-refractivity contribution in [3.8, 4) is 0 Å². The van der Waals surface area contributed by atoms with Gasteiger partial charge in [0.1, 0.15) is 6.04 Å². The third-order valence-corrected chi connectivity index (χ3v) is 3.75. The number of morpholine rings is 1. The van der Waals surface area contributed by atoms with Crippen LogP contribution in [0.15, 0.2) is 0 Å². The van der Waals surface area contributed by atoms with Gasteiger partial charge in [-0.3, -0.25) is 9.69 Å². The van der Waals surface area contributed by atoms with Gasteiger partial charge in [0.15, 0.2) is 0 Å². The first-order valence-electron chi connectivity index (χ1n) is 7.23. The minimum atomic E-state index is -0.757. The number of aliphatic carboxylic acids is 1. The molecule has 18 heavy (non-hydrogen) atoms. The van der Waals surface area contributed by atoms with Crippen molar-refractivity contribution in [2.45, 2.75) is 64.5 Å². The zero-order chi connectivity index (χ0) is 13.4. The summed E-state index contributed by atoms with van der Waals surface area (Å²) in [5, 5.41) is 9.18. The monoisotopic (exact) mass is 257 g/mol. The molecule has 4 heteroatoms. The lowest BCUT2D eigenvalue weighted by molar-refractivity contribution is -0.151. The molecule has 0 aromatic rings. The summed E-state index contributed by atoms with van der Waals surface area (Å²) in [6.45, 7) is 6.08. The first-order valence-corrected chi connectivity index (χ1v) is 7.23. The van der Waals surface area contributed by atoms with Crippen molar-refractivity contribution < 1.29 is 14.6 Å². The second kappa shape index (κ2) is 8.48. The summed E-state index contributed by atoms with van der Waals surface area (Å²) in [4.78, 5) is 13.3. The molecule has 0 bridgehead atoms. The number of carbonyl (C=O) groups is 1. The van der Waals surface area contributed by atoms with E-state index in [4.69, 9.17) is 4.74 Å². The lowest BCUT2D eigenvalue weighted by Crippen LogP contribution is -2.53. The largest absolute Gasteiger partial charge is 0.480 e. The van der Waals surface area contributed by atoms with Crippen LogP contribution < -0.4 is 0 Å². The molecule has 0 spiro atoms. The van der Waals surface area contributed by atoms with Crippen LogP contribution in [0.1, 0.15) is 52.4 Å². The molecular weight excluding hydrogens is 230 g/mol. The van der Waals surface area contributed by atoms with E-state index in [9.17, 15) is 9.90 Å². The Morgan fingerprint density at radius 3 is 2.78 bits per heavy atom. The average Bonchev–Trinajstić information content (AvgIpc) is 2.38. The molecule has 0 aliphatic carbocycles. The molecule has 1 saturated heterocycles. The Balaban J connectivity index is 2.29. The molecule has 2 atom stereocenters. The quantitative estimate of drug-likeness (QED) is 0.679. The molecule has 1 heterocycles. The third kappa shape index (κ3) is 4.94. The zero-order valence-corrected chi connectivity index (χ0v) is 11.7. The first kappa shape index (κ1) is 15.4. The Morgan fingerprint density at radius 1 is 1.39 bits per heavy atom. The lowest BCUT2D eigenvalue weighted by atomic mass is 10.0. The van der Waals surface area contributed by atoms with Crippen molar-refractivity contribution >= 4 is 5.97 Å². The average molecular weight is 257 g/mol. The summed E-state index contributed by atoms with van der Waals surface area (Å²) in [6.07, 6.45) is 7.43.